The van der Waals surface area contributed by atoms with E-state index < -0.39 is 31.6 Å². The summed E-state index contributed by atoms with van der Waals surface area (Å²) in [7, 11) is -3.50. The summed E-state index contributed by atoms with van der Waals surface area (Å²) in [4.78, 5) is 44.9. The number of carbonyl (C=O) groups is 3. The second-order valence-corrected chi connectivity index (χ2v) is 18.5. The van der Waals surface area contributed by atoms with Crippen molar-refractivity contribution in [2.75, 3.05) is 23.1 Å². The van der Waals surface area contributed by atoms with Crippen molar-refractivity contribution in [1.82, 2.24) is 4.90 Å². The Morgan fingerprint density at radius 2 is 1.58 bits per heavy atom. The third-order valence-electron chi connectivity index (χ3n) is 10.8. The Morgan fingerprint density at radius 3 is 2.26 bits per heavy atom. The average Bonchev–Trinajstić information content (AvgIpc) is 3.58. The van der Waals surface area contributed by atoms with E-state index in [4.69, 9.17) is 4.74 Å². The minimum Gasteiger partial charge on any atom is -0.395 e. The quantitative estimate of drug-likeness (QED) is 0.133. The molecule has 4 aromatic rings. The molecule has 53 heavy (non-hydrogen) atoms. The number of hydrogen-bond donors (Lipinski definition) is 1. The van der Waals surface area contributed by atoms with E-state index in [0.717, 1.165) is 22.4 Å². The number of aliphatic hydroxyl groups excluding tert-OH is 1. The van der Waals surface area contributed by atoms with Gasteiger partial charge < -0.3 is 23.8 Å². The molecule has 4 aromatic carbocycles. The van der Waals surface area contributed by atoms with Gasteiger partial charge in [-0.2, -0.15) is 5.10 Å². The average molecular weight is 733 g/mol. The molecule has 9 nitrogen and oxygen atoms in total. The number of hydrogen-bond acceptors (Lipinski definition) is 6. The first-order valence-corrected chi connectivity index (χ1v) is 21.2. The van der Waals surface area contributed by atoms with Crippen molar-refractivity contribution < 1.29 is 28.3 Å². The molecule has 3 heterocycles. The lowest BCUT2D eigenvalue weighted by atomic mass is 9.82. The highest BCUT2D eigenvalue weighted by atomic mass is 28.4. The molecule has 1 saturated heterocycles. The first-order valence-electron chi connectivity index (χ1n) is 18.3. The number of benzene rings is 4. The standard InChI is InChI=1S/C42H45FN4O5Si/c1-29-40(53(2,3)43)37(26-39(50)45(24-25-48)27-30-12-6-4-7-13-30)52-42(29)34-16-10-11-17-36(34)46(41(42)51)28-31-18-20-33(21-19-31)47-38(49)23-22-35(44-47)32-14-8-5-9-15-32/h4-21,29,37,40,48H,22-28H2,1-3H3/t29-,37+,40-,42+/m0/s1. The Balaban J connectivity index is 1.15. The zero-order valence-corrected chi connectivity index (χ0v) is 31.3. The number of carbonyl (C=O) groups excluding carboxylic acids is 3. The van der Waals surface area contributed by atoms with Crippen molar-refractivity contribution in [3.05, 3.63) is 131 Å². The lowest BCUT2D eigenvalue weighted by Gasteiger charge is -2.31. The monoisotopic (exact) mass is 732 g/mol. The number of para-hydroxylation sites is 1. The molecule has 0 bridgehead atoms. The Kier molecular flexibility index (Phi) is 10.2. The number of halogens is 1. The van der Waals surface area contributed by atoms with Crippen molar-refractivity contribution in [3.63, 3.8) is 0 Å². The molecule has 274 valence electrons. The molecule has 0 unspecified atom stereocenters. The van der Waals surface area contributed by atoms with Gasteiger partial charge in [0.1, 0.15) is 0 Å². The molecule has 0 aromatic heterocycles. The van der Waals surface area contributed by atoms with Crippen molar-refractivity contribution in [3.8, 4) is 0 Å². The van der Waals surface area contributed by atoms with Crippen LogP contribution in [0.4, 0.5) is 15.5 Å². The minimum absolute atomic E-state index is 0.0862. The molecule has 1 N–H and O–H groups in total. The third-order valence-corrected chi connectivity index (χ3v) is 13.3. The number of fused-ring (bicyclic) bond motifs is 2. The largest absolute Gasteiger partial charge is 0.395 e. The van der Waals surface area contributed by atoms with Crippen molar-refractivity contribution >= 4 is 43.2 Å². The molecule has 0 radical (unpaired) electrons. The number of nitrogens with zero attached hydrogens (tertiary/aromatic N) is 4. The molecule has 0 aliphatic carbocycles. The molecule has 7 rings (SSSR count). The lowest BCUT2D eigenvalue weighted by Crippen LogP contribution is -2.45. The van der Waals surface area contributed by atoms with E-state index in [0.29, 0.717) is 36.3 Å². The maximum absolute atomic E-state index is 16.4. The molecule has 11 heteroatoms. The van der Waals surface area contributed by atoms with Crippen LogP contribution in [0, 0.1) is 5.92 Å². The van der Waals surface area contributed by atoms with Gasteiger partial charge in [-0.05, 0) is 48.0 Å². The zero-order chi connectivity index (χ0) is 37.3. The molecular weight excluding hydrogens is 688 g/mol. The number of hydrazone groups is 1. The van der Waals surface area contributed by atoms with Gasteiger partial charge in [0.05, 0.1) is 42.8 Å². The Bertz CT molecular complexity index is 2010. The summed E-state index contributed by atoms with van der Waals surface area (Å²) < 4.78 is 23.2. The van der Waals surface area contributed by atoms with Crippen molar-refractivity contribution in [2.24, 2.45) is 11.0 Å². The van der Waals surface area contributed by atoms with Crippen molar-refractivity contribution in [1.29, 1.82) is 0 Å². The van der Waals surface area contributed by atoms with Crippen LogP contribution in [0.5, 0.6) is 0 Å². The molecule has 0 saturated carbocycles. The summed E-state index contributed by atoms with van der Waals surface area (Å²) in [5.41, 5.74) is 3.46. The van der Waals surface area contributed by atoms with Gasteiger partial charge in [0, 0.05) is 43.0 Å². The van der Waals surface area contributed by atoms with Crippen LogP contribution in [-0.4, -0.2) is 61.1 Å². The number of amides is 3. The Morgan fingerprint density at radius 1 is 0.925 bits per heavy atom. The Labute approximate surface area is 310 Å². The van der Waals surface area contributed by atoms with Crippen LogP contribution in [0.15, 0.2) is 114 Å². The molecule has 4 atom stereocenters. The molecule has 3 amide bonds. The Hall–Kier alpha value is -4.97. The van der Waals surface area contributed by atoms with E-state index in [2.05, 4.69) is 5.10 Å². The number of ether oxygens (including phenoxy) is 1. The summed E-state index contributed by atoms with van der Waals surface area (Å²) in [6.45, 7) is 5.56. The third kappa shape index (κ3) is 6.96. The minimum atomic E-state index is -3.50. The first-order chi connectivity index (χ1) is 25.5. The number of aliphatic hydroxyl groups is 1. The van der Waals surface area contributed by atoms with Gasteiger partial charge in [-0.3, -0.25) is 14.4 Å². The highest BCUT2D eigenvalue weighted by molar-refractivity contribution is 6.72. The molecule has 3 aliphatic rings. The topological polar surface area (TPSA) is 103 Å². The van der Waals surface area contributed by atoms with E-state index >= 15 is 4.11 Å². The number of rotatable bonds is 11. The fourth-order valence-electron chi connectivity index (χ4n) is 8.39. The lowest BCUT2D eigenvalue weighted by molar-refractivity contribution is -0.150. The maximum Gasteiger partial charge on any atom is 0.264 e. The zero-order valence-electron chi connectivity index (χ0n) is 30.3. The van der Waals surface area contributed by atoms with Gasteiger partial charge >= 0.3 is 0 Å². The van der Waals surface area contributed by atoms with Crippen LogP contribution in [0.2, 0.25) is 18.6 Å². The van der Waals surface area contributed by atoms with Crippen LogP contribution in [0.25, 0.3) is 0 Å². The van der Waals surface area contributed by atoms with Crippen LogP contribution in [0.3, 0.4) is 0 Å². The van der Waals surface area contributed by atoms with E-state index in [1.54, 1.807) is 22.9 Å². The summed E-state index contributed by atoms with van der Waals surface area (Å²) in [6.07, 6.45) is -0.0125. The SMILES string of the molecule is C[C@H]1[C@H]([Si](C)(C)F)[C@@H](CC(=O)N(CCO)Cc2ccccc2)O[C@]12C(=O)N(Cc1ccc(N3N=C(c4ccccc4)CCC3=O)cc1)c1ccccc12. The van der Waals surface area contributed by atoms with E-state index in [9.17, 15) is 19.5 Å². The van der Waals surface area contributed by atoms with Crippen LogP contribution in [0.1, 0.15) is 48.4 Å². The molecular formula is C42H45FN4O5Si. The number of anilines is 2. The molecule has 3 aliphatic heterocycles. The van der Waals surface area contributed by atoms with Crippen LogP contribution in [-0.2, 0) is 37.8 Å². The molecule has 1 spiro atoms. The molecule has 1 fully saturated rings. The predicted octanol–water partition coefficient (Wildman–Crippen LogP) is 6.95. The van der Waals surface area contributed by atoms with E-state index in [-0.39, 0.29) is 43.8 Å². The van der Waals surface area contributed by atoms with Gasteiger partial charge in [-0.15, -0.1) is 0 Å². The van der Waals surface area contributed by atoms with Gasteiger partial charge in [0.15, 0.2) is 5.60 Å². The highest BCUT2D eigenvalue weighted by Crippen LogP contribution is 2.60. The maximum atomic E-state index is 16.4. The van der Waals surface area contributed by atoms with Crippen LogP contribution >= 0.6 is 0 Å². The second kappa shape index (κ2) is 14.8. The van der Waals surface area contributed by atoms with Gasteiger partial charge in [-0.1, -0.05) is 97.9 Å². The first kappa shape index (κ1) is 36.4. The predicted molar refractivity (Wildman–Crippen MR) is 205 cm³/mol. The smallest absolute Gasteiger partial charge is 0.264 e. The summed E-state index contributed by atoms with van der Waals surface area (Å²) in [5.74, 6) is -1.18. The summed E-state index contributed by atoms with van der Waals surface area (Å²) in [6, 6.07) is 34.3. The van der Waals surface area contributed by atoms with E-state index in [1.807, 2.05) is 116 Å². The van der Waals surface area contributed by atoms with Crippen molar-refractivity contribution in [2.45, 2.75) is 69.6 Å². The van der Waals surface area contributed by atoms with E-state index in [1.165, 1.54) is 5.01 Å². The summed E-state index contributed by atoms with van der Waals surface area (Å²) >= 11 is 0. The fourth-order valence-corrected chi connectivity index (χ4v) is 10.9. The normalized spacial score (nSPS) is 22.7. The van der Waals surface area contributed by atoms with Gasteiger partial charge in [-0.25, -0.2) is 5.01 Å². The fraction of sp³-hybridized carbons (Fsp3) is 0.333. The van der Waals surface area contributed by atoms with Crippen LogP contribution < -0.4 is 9.91 Å². The second-order valence-electron chi connectivity index (χ2n) is 14.7. The van der Waals surface area contributed by atoms with Gasteiger partial charge in [0.25, 0.3) is 5.91 Å². The van der Waals surface area contributed by atoms with Gasteiger partial charge in [0.2, 0.25) is 20.2 Å². The highest BCUT2D eigenvalue weighted by Gasteiger charge is 2.67. The summed E-state index contributed by atoms with van der Waals surface area (Å²) in [5, 5.41) is 15.9.